The molecule has 0 radical (unpaired) electrons. The molecular weight excluding hydrogens is 335 g/mol. The van der Waals surface area contributed by atoms with Crippen molar-refractivity contribution in [1.29, 1.82) is 0 Å². The van der Waals surface area contributed by atoms with E-state index in [0.717, 1.165) is 5.56 Å². The topological polar surface area (TPSA) is 34.9 Å². The summed E-state index contributed by atoms with van der Waals surface area (Å²) in [5.74, 6) is -0.466. The number of fused-ring (bicyclic) bond motifs is 1. The summed E-state index contributed by atoms with van der Waals surface area (Å²) in [4.78, 5) is 16.8. The van der Waals surface area contributed by atoms with Crippen molar-refractivity contribution in [3.8, 4) is 0 Å². The number of hydrogen-bond donors (Lipinski definition) is 0. The van der Waals surface area contributed by atoms with Gasteiger partial charge in [-0.2, -0.15) is 0 Å². The normalized spacial score (nSPS) is 12.5. The summed E-state index contributed by atoms with van der Waals surface area (Å²) in [5, 5.41) is 0.279. The Labute approximate surface area is 129 Å². The van der Waals surface area contributed by atoms with Crippen LogP contribution in [0.4, 0.5) is 4.39 Å². The van der Waals surface area contributed by atoms with Crippen LogP contribution in [-0.4, -0.2) is 9.55 Å². The van der Waals surface area contributed by atoms with Crippen molar-refractivity contribution in [1.82, 2.24) is 9.55 Å². The molecule has 0 amide bonds. The molecule has 3 aromatic rings. The van der Waals surface area contributed by atoms with E-state index in [-0.39, 0.29) is 17.0 Å². The summed E-state index contributed by atoms with van der Waals surface area (Å²) < 4.78 is 15.5. The summed E-state index contributed by atoms with van der Waals surface area (Å²) in [5.41, 5.74) is 1.23. The minimum Gasteiger partial charge on any atom is -0.291 e. The highest BCUT2D eigenvalue weighted by Crippen LogP contribution is 2.21. The fourth-order valence-electron chi connectivity index (χ4n) is 2.30. The number of nitrogens with zero attached hydrogens (tertiary/aromatic N) is 2. The SMILES string of the molecule is CC(c1ccccc1)n1cnc2cc(Br)c(F)cc2c1=O. The molecule has 1 heterocycles. The van der Waals surface area contributed by atoms with Gasteiger partial charge in [-0.3, -0.25) is 9.36 Å². The number of benzene rings is 2. The lowest BCUT2D eigenvalue weighted by molar-refractivity contribution is 0.605. The Morgan fingerprint density at radius 1 is 1.24 bits per heavy atom. The van der Waals surface area contributed by atoms with E-state index < -0.39 is 5.82 Å². The largest absolute Gasteiger partial charge is 0.291 e. The van der Waals surface area contributed by atoms with Gasteiger partial charge in [-0.1, -0.05) is 30.3 Å². The molecule has 0 fully saturated rings. The molecule has 0 N–H and O–H groups in total. The fraction of sp³-hybridized carbons (Fsp3) is 0.125. The van der Waals surface area contributed by atoms with Crippen LogP contribution >= 0.6 is 15.9 Å². The first-order valence-electron chi connectivity index (χ1n) is 6.49. The highest BCUT2D eigenvalue weighted by Gasteiger charge is 2.13. The summed E-state index contributed by atoms with van der Waals surface area (Å²) in [6.45, 7) is 1.92. The van der Waals surface area contributed by atoms with Crippen molar-refractivity contribution in [2.75, 3.05) is 0 Å². The molecular formula is C16H12BrFN2O. The van der Waals surface area contributed by atoms with Gasteiger partial charge in [0.1, 0.15) is 5.82 Å². The second-order valence-electron chi connectivity index (χ2n) is 4.83. The van der Waals surface area contributed by atoms with Crippen LogP contribution in [-0.2, 0) is 0 Å². The number of aromatic nitrogens is 2. The van der Waals surface area contributed by atoms with E-state index in [4.69, 9.17) is 0 Å². The van der Waals surface area contributed by atoms with Crippen molar-refractivity contribution in [3.63, 3.8) is 0 Å². The summed E-state index contributed by atoms with van der Waals surface area (Å²) >= 11 is 3.10. The molecule has 106 valence electrons. The highest BCUT2D eigenvalue weighted by molar-refractivity contribution is 9.10. The predicted octanol–water partition coefficient (Wildman–Crippen LogP) is 3.91. The molecule has 0 bridgehead atoms. The Morgan fingerprint density at radius 3 is 2.67 bits per heavy atom. The van der Waals surface area contributed by atoms with Crippen LogP contribution < -0.4 is 5.56 Å². The third-order valence-corrected chi connectivity index (χ3v) is 4.13. The monoisotopic (exact) mass is 346 g/mol. The first-order valence-corrected chi connectivity index (χ1v) is 7.28. The van der Waals surface area contributed by atoms with Crippen LogP contribution in [0.15, 0.2) is 58.1 Å². The zero-order chi connectivity index (χ0) is 15.0. The molecule has 1 aromatic heterocycles. The van der Waals surface area contributed by atoms with Gasteiger partial charge in [-0.25, -0.2) is 9.37 Å². The molecule has 5 heteroatoms. The minimum absolute atomic E-state index is 0.165. The van der Waals surface area contributed by atoms with Crippen LogP contribution in [0, 0.1) is 5.82 Å². The van der Waals surface area contributed by atoms with Gasteiger partial charge in [0, 0.05) is 0 Å². The Balaban J connectivity index is 2.19. The van der Waals surface area contributed by atoms with E-state index in [2.05, 4.69) is 20.9 Å². The second-order valence-corrected chi connectivity index (χ2v) is 5.68. The molecule has 2 aromatic carbocycles. The van der Waals surface area contributed by atoms with Gasteiger partial charge in [0.05, 0.1) is 27.7 Å². The standard InChI is InChI=1S/C16H12BrFN2O/c1-10(11-5-3-2-4-6-11)20-9-19-15-8-13(17)14(18)7-12(15)16(20)21/h2-10H,1H3. The third kappa shape index (κ3) is 2.49. The number of hydrogen-bond acceptors (Lipinski definition) is 2. The maximum Gasteiger partial charge on any atom is 0.261 e. The summed E-state index contributed by atoms with van der Waals surface area (Å²) in [6, 6.07) is 12.2. The molecule has 0 aliphatic heterocycles. The van der Waals surface area contributed by atoms with Gasteiger partial charge in [0.2, 0.25) is 0 Å². The van der Waals surface area contributed by atoms with E-state index in [9.17, 15) is 9.18 Å². The zero-order valence-corrected chi connectivity index (χ0v) is 12.8. The molecule has 3 nitrogen and oxygen atoms in total. The number of halogens is 2. The summed E-state index contributed by atoms with van der Waals surface area (Å²) in [7, 11) is 0. The zero-order valence-electron chi connectivity index (χ0n) is 11.3. The fourth-order valence-corrected chi connectivity index (χ4v) is 2.63. The average Bonchev–Trinajstić information content (AvgIpc) is 2.50. The van der Waals surface area contributed by atoms with E-state index in [1.807, 2.05) is 37.3 Å². The van der Waals surface area contributed by atoms with Gasteiger partial charge in [0.15, 0.2) is 0 Å². The van der Waals surface area contributed by atoms with Crippen molar-refractivity contribution < 1.29 is 4.39 Å². The lowest BCUT2D eigenvalue weighted by Gasteiger charge is -2.15. The van der Waals surface area contributed by atoms with Crippen molar-refractivity contribution in [2.45, 2.75) is 13.0 Å². The van der Waals surface area contributed by atoms with E-state index in [1.54, 1.807) is 0 Å². The minimum atomic E-state index is -0.466. The Morgan fingerprint density at radius 2 is 1.95 bits per heavy atom. The van der Waals surface area contributed by atoms with E-state index in [1.165, 1.54) is 23.0 Å². The van der Waals surface area contributed by atoms with Gasteiger partial charge in [0.25, 0.3) is 5.56 Å². The Hall–Kier alpha value is -2.01. The maximum atomic E-state index is 13.7. The Bertz CT molecular complexity index is 861. The van der Waals surface area contributed by atoms with Crippen LogP contribution in [0.2, 0.25) is 0 Å². The highest BCUT2D eigenvalue weighted by atomic mass is 79.9. The molecule has 0 aliphatic rings. The van der Waals surface area contributed by atoms with Gasteiger partial charge < -0.3 is 0 Å². The lowest BCUT2D eigenvalue weighted by Crippen LogP contribution is -2.24. The van der Waals surface area contributed by atoms with Crippen molar-refractivity contribution >= 4 is 26.8 Å². The van der Waals surface area contributed by atoms with Gasteiger partial charge >= 0.3 is 0 Å². The first-order chi connectivity index (χ1) is 10.1. The van der Waals surface area contributed by atoms with Crippen LogP contribution in [0.1, 0.15) is 18.5 Å². The van der Waals surface area contributed by atoms with Crippen LogP contribution in [0.3, 0.4) is 0 Å². The third-order valence-electron chi connectivity index (χ3n) is 3.52. The lowest BCUT2D eigenvalue weighted by atomic mass is 10.1. The molecule has 0 saturated heterocycles. The van der Waals surface area contributed by atoms with E-state index in [0.29, 0.717) is 9.99 Å². The van der Waals surface area contributed by atoms with Crippen LogP contribution in [0.25, 0.3) is 10.9 Å². The quantitative estimate of drug-likeness (QED) is 0.705. The number of rotatable bonds is 2. The van der Waals surface area contributed by atoms with Crippen molar-refractivity contribution in [2.24, 2.45) is 0 Å². The van der Waals surface area contributed by atoms with Gasteiger partial charge in [-0.15, -0.1) is 0 Å². The molecule has 1 atom stereocenters. The molecule has 1 unspecified atom stereocenters. The van der Waals surface area contributed by atoms with Gasteiger partial charge in [-0.05, 0) is 40.5 Å². The average molecular weight is 347 g/mol. The summed E-state index contributed by atoms with van der Waals surface area (Å²) in [6.07, 6.45) is 1.51. The molecule has 0 saturated carbocycles. The maximum absolute atomic E-state index is 13.7. The molecule has 3 rings (SSSR count). The smallest absolute Gasteiger partial charge is 0.261 e. The molecule has 0 spiro atoms. The first kappa shape index (κ1) is 13.9. The predicted molar refractivity (Wildman–Crippen MR) is 83.9 cm³/mol. The van der Waals surface area contributed by atoms with E-state index >= 15 is 0 Å². The van der Waals surface area contributed by atoms with Crippen molar-refractivity contribution in [3.05, 3.63) is 75.0 Å². The second kappa shape index (κ2) is 5.41. The van der Waals surface area contributed by atoms with Crippen LogP contribution in [0.5, 0.6) is 0 Å². The Kier molecular flexibility index (Phi) is 3.59. The molecule has 21 heavy (non-hydrogen) atoms. The molecule has 0 aliphatic carbocycles.